The van der Waals surface area contributed by atoms with E-state index in [1.807, 2.05) is 36.4 Å². The first-order chi connectivity index (χ1) is 11.5. The summed E-state index contributed by atoms with van der Waals surface area (Å²) in [6.45, 7) is 12.8. The molecule has 0 spiro atoms. The van der Waals surface area contributed by atoms with Gasteiger partial charge < -0.3 is 4.74 Å². The quantitative estimate of drug-likeness (QED) is 0.442. The number of thiol groups is 2. The molecule has 0 unspecified atom stereocenters. The summed E-state index contributed by atoms with van der Waals surface area (Å²) >= 11 is 9.55. The molecule has 0 aromatic heterocycles. The topological polar surface area (TPSA) is 9.23 Å². The Bertz CT molecular complexity index is 763. The summed E-state index contributed by atoms with van der Waals surface area (Å²) in [5.41, 5.74) is 3.02. The molecule has 0 N–H and O–H groups in total. The molecular weight excluding hydrogens is 344 g/mol. The van der Waals surface area contributed by atoms with Crippen LogP contribution in [0.5, 0.6) is 5.75 Å². The second kappa shape index (κ2) is 7.51. The first-order valence-electron chi connectivity index (χ1n) is 8.50. The van der Waals surface area contributed by atoms with Gasteiger partial charge >= 0.3 is 0 Å². The third-order valence-corrected chi connectivity index (χ3v) is 4.91. The zero-order chi connectivity index (χ0) is 18.8. The lowest BCUT2D eigenvalue weighted by molar-refractivity contribution is 0.130. The summed E-state index contributed by atoms with van der Waals surface area (Å²) in [6.07, 6.45) is 0. The van der Waals surface area contributed by atoms with Gasteiger partial charge in [-0.25, -0.2) is 0 Å². The van der Waals surface area contributed by atoms with E-state index in [1.54, 1.807) is 0 Å². The fourth-order valence-corrected chi connectivity index (χ4v) is 3.03. The van der Waals surface area contributed by atoms with Crippen LogP contribution >= 0.6 is 25.3 Å². The van der Waals surface area contributed by atoms with Crippen LogP contribution in [0.15, 0.2) is 48.5 Å². The second-order valence-electron chi connectivity index (χ2n) is 8.24. The van der Waals surface area contributed by atoms with Gasteiger partial charge in [0, 0.05) is 15.4 Å². The van der Waals surface area contributed by atoms with Crippen molar-refractivity contribution in [2.45, 2.75) is 52.6 Å². The van der Waals surface area contributed by atoms with Gasteiger partial charge in [0.2, 0.25) is 0 Å². The fraction of sp³-hybridized carbons (Fsp3) is 0.364. The van der Waals surface area contributed by atoms with Gasteiger partial charge in [-0.2, -0.15) is 0 Å². The Labute approximate surface area is 163 Å². The normalized spacial score (nSPS) is 13.4. The van der Waals surface area contributed by atoms with Gasteiger partial charge in [-0.05, 0) is 49.4 Å². The molecule has 25 heavy (non-hydrogen) atoms. The first-order valence-corrected chi connectivity index (χ1v) is 9.40. The van der Waals surface area contributed by atoms with Crippen LogP contribution in [0.2, 0.25) is 0 Å². The molecule has 0 fully saturated rings. The molecule has 0 aliphatic carbocycles. The Morgan fingerprint density at radius 2 is 1.40 bits per heavy atom. The van der Waals surface area contributed by atoms with Crippen molar-refractivity contribution in [1.82, 2.24) is 0 Å². The highest BCUT2D eigenvalue weighted by atomic mass is 32.1. The summed E-state index contributed by atoms with van der Waals surface area (Å²) in [6, 6.07) is 16.4. The minimum Gasteiger partial charge on any atom is -0.487 e. The van der Waals surface area contributed by atoms with Crippen molar-refractivity contribution in [3.63, 3.8) is 0 Å². The van der Waals surface area contributed by atoms with Crippen molar-refractivity contribution in [3.8, 4) is 5.75 Å². The molecule has 1 nitrogen and oxygen atoms in total. The average molecular weight is 373 g/mol. The van der Waals surface area contributed by atoms with E-state index >= 15 is 0 Å². The van der Waals surface area contributed by atoms with E-state index in [1.165, 1.54) is 5.56 Å². The van der Waals surface area contributed by atoms with Gasteiger partial charge in [0.15, 0.2) is 0 Å². The van der Waals surface area contributed by atoms with Crippen LogP contribution < -0.4 is 4.74 Å². The Morgan fingerprint density at radius 1 is 0.800 bits per heavy atom. The molecule has 3 heteroatoms. The molecule has 0 radical (unpaired) electrons. The van der Waals surface area contributed by atoms with E-state index in [4.69, 9.17) is 30.0 Å². The minimum absolute atomic E-state index is 0.0482. The van der Waals surface area contributed by atoms with Gasteiger partial charge in [-0.3, -0.25) is 0 Å². The molecule has 0 atom stereocenters. The number of ether oxygens (including phenoxy) is 1. The van der Waals surface area contributed by atoms with E-state index in [-0.39, 0.29) is 11.0 Å². The van der Waals surface area contributed by atoms with E-state index in [9.17, 15) is 0 Å². The van der Waals surface area contributed by atoms with Crippen LogP contribution in [0.1, 0.15) is 58.2 Å². The van der Waals surface area contributed by atoms with Crippen molar-refractivity contribution >= 4 is 35.1 Å². The third-order valence-electron chi connectivity index (χ3n) is 3.79. The molecular formula is C22H28OS2. The molecule has 0 aliphatic heterocycles. The molecule has 134 valence electrons. The molecule has 2 aromatic rings. The second-order valence-corrected chi connectivity index (χ2v) is 9.13. The lowest BCUT2D eigenvalue weighted by Crippen LogP contribution is -2.23. The van der Waals surface area contributed by atoms with Crippen LogP contribution in [0.25, 0.3) is 9.81 Å². The smallest absolute Gasteiger partial charge is 0.128 e. The Hall–Kier alpha value is -1.32. The van der Waals surface area contributed by atoms with Gasteiger partial charge in [-0.15, -0.1) is 25.3 Å². The fourth-order valence-electron chi connectivity index (χ4n) is 2.46. The SMILES string of the molecule is CC(C)(C)Oc1ccc(C(C)(C)C)cc1/C(S)=C(/S)c1ccccc1. The molecule has 0 aliphatic rings. The largest absolute Gasteiger partial charge is 0.487 e. The standard InChI is InChI=1S/C22H28OS2/c1-21(2,3)16-12-13-18(23-22(4,5)6)17(14-16)20(25)19(24)15-10-8-7-9-11-15/h7-14,24-25H,1-6H3/b20-19-. The Balaban J connectivity index is 2.63. The maximum atomic E-state index is 6.19. The lowest BCUT2D eigenvalue weighted by Gasteiger charge is -2.26. The zero-order valence-corrected chi connectivity index (χ0v) is 17.7. The number of rotatable bonds is 3. The summed E-state index contributed by atoms with van der Waals surface area (Å²) in [4.78, 5) is 1.66. The number of benzene rings is 2. The molecule has 0 amide bonds. The Morgan fingerprint density at radius 3 is 1.92 bits per heavy atom. The van der Waals surface area contributed by atoms with Crippen molar-refractivity contribution in [3.05, 3.63) is 65.2 Å². The summed E-state index contributed by atoms with van der Waals surface area (Å²) in [5, 5.41) is 0. The predicted molar refractivity (Wildman–Crippen MR) is 117 cm³/mol. The van der Waals surface area contributed by atoms with Crippen LogP contribution in [-0.2, 0) is 5.41 Å². The third kappa shape index (κ3) is 5.32. The minimum atomic E-state index is -0.282. The maximum absolute atomic E-state index is 6.19. The van der Waals surface area contributed by atoms with Gasteiger partial charge in [0.25, 0.3) is 0 Å². The van der Waals surface area contributed by atoms with Crippen LogP contribution in [0.4, 0.5) is 0 Å². The van der Waals surface area contributed by atoms with E-state index in [2.05, 4.69) is 53.7 Å². The van der Waals surface area contributed by atoms with Gasteiger partial charge in [0.05, 0.1) is 0 Å². The highest BCUT2D eigenvalue weighted by Crippen LogP contribution is 2.39. The summed E-state index contributed by atoms with van der Waals surface area (Å²) in [7, 11) is 0. The van der Waals surface area contributed by atoms with E-state index < -0.39 is 0 Å². The average Bonchev–Trinajstić information content (AvgIpc) is 2.52. The highest BCUT2D eigenvalue weighted by Gasteiger charge is 2.21. The van der Waals surface area contributed by atoms with Crippen LogP contribution in [0.3, 0.4) is 0 Å². The van der Waals surface area contributed by atoms with Crippen LogP contribution in [0, 0.1) is 0 Å². The van der Waals surface area contributed by atoms with Crippen LogP contribution in [-0.4, -0.2) is 5.60 Å². The van der Waals surface area contributed by atoms with Gasteiger partial charge in [-0.1, -0.05) is 57.2 Å². The Kier molecular flexibility index (Phi) is 6.01. The van der Waals surface area contributed by atoms with Gasteiger partial charge in [0.1, 0.15) is 11.4 Å². The molecule has 0 saturated carbocycles. The molecule has 2 rings (SSSR count). The highest BCUT2D eigenvalue weighted by molar-refractivity contribution is 7.96. The predicted octanol–water partition coefficient (Wildman–Crippen LogP) is 6.85. The molecule has 0 bridgehead atoms. The zero-order valence-electron chi connectivity index (χ0n) is 15.9. The summed E-state index contributed by atoms with van der Waals surface area (Å²) < 4.78 is 6.19. The molecule has 2 aromatic carbocycles. The van der Waals surface area contributed by atoms with Crippen molar-refractivity contribution in [1.29, 1.82) is 0 Å². The van der Waals surface area contributed by atoms with E-state index in [0.717, 1.165) is 26.7 Å². The molecule has 0 heterocycles. The van der Waals surface area contributed by atoms with Crippen molar-refractivity contribution < 1.29 is 4.74 Å². The first kappa shape index (κ1) is 20.0. The molecule has 0 saturated heterocycles. The van der Waals surface area contributed by atoms with Crippen molar-refractivity contribution in [2.75, 3.05) is 0 Å². The monoisotopic (exact) mass is 372 g/mol. The van der Waals surface area contributed by atoms with E-state index in [0.29, 0.717) is 0 Å². The maximum Gasteiger partial charge on any atom is 0.128 e. The number of hydrogen-bond donors (Lipinski definition) is 2. The number of hydrogen-bond acceptors (Lipinski definition) is 3. The lowest BCUT2D eigenvalue weighted by atomic mass is 9.86. The summed E-state index contributed by atoms with van der Waals surface area (Å²) in [5.74, 6) is 0.827. The van der Waals surface area contributed by atoms with Crippen molar-refractivity contribution in [2.24, 2.45) is 0 Å².